The molecular weight excluding hydrogens is 529 g/mol. The lowest BCUT2D eigenvalue weighted by molar-refractivity contribution is 0.108. The number of benzene rings is 1. The molecule has 8 heteroatoms. The predicted octanol–water partition coefficient (Wildman–Crippen LogP) is 3.60. The highest BCUT2D eigenvalue weighted by atomic mass is 127. The number of aliphatic hydroxyl groups is 1. The second-order valence-corrected chi connectivity index (χ2v) is 8.01. The molecule has 1 aromatic carbocycles. The number of aliphatic hydroxyl groups excluding tert-OH is 1. The van der Waals surface area contributed by atoms with Gasteiger partial charge in [-0.2, -0.15) is 11.8 Å². The Hall–Kier alpha value is -0.190. The number of rotatable bonds is 8. The molecule has 2 rings (SSSR count). The largest absolute Gasteiger partial charge is 0.493 e. The van der Waals surface area contributed by atoms with E-state index in [4.69, 9.17) is 9.73 Å². The maximum Gasteiger partial charge on any atom is 0.193 e. The lowest BCUT2D eigenvalue weighted by Crippen LogP contribution is -2.46. The number of nitrogens with one attached hydrogen (secondary N) is 1. The van der Waals surface area contributed by atoms with Gasteiger partial charge in [0, 0.05) is 35.6 Å². The number of hydrogen-bond donors (Lipinski definition) is 2. The third-order valence-electron chi connectivity index (χ3n) is 3.89. The third kappa shape index (κ3) is 9.14. The number of halogens is 2. The van der Waals surface area contributed by atoms with Crippen molar-refractivity contribution in [2.24, 2.45) is 4.99 Å². The van der Waals surface area contributed by atoms with Gasteiger partial charge in [-0.25, -0.2) is 0 Å². The van der Waals surface area contributed by atoms with E-state index in [0.29, 0.717) is 6.61 Å². The predicted molar refractivity (Wildman–Crippen MR) is 125 cm³/mol. The lowest BCUT2D eigenvalue weighted by Gasteiger charge is -2.32. The molecule has 148 valence electrons. The molecule has 26 heavy (non-hydrogen) atoms. The smallest absolute Gasteiger partial charge is 0.193 e. The highest BCUT2D eigenvalue weighted by Gasteiger charge is 2.19. The van der Waals surface area contributed by atoms with Crippen LogP contribution < -0.4 is 10.1 Å². The van der Waals surface area contributed by atoms with Gasteiger partial charge in [-0.05, 0) is 38.0 Å². The molecule has 1 aromatic rings. The van der Waals surface area contributed by atoms with Gasteiger partial charge in [-0.3, -0.25) is 4.99 Å². The molecule has 1 saturated heterocycles. The summed E-state index contributed by atoms with van der Waals surface area (Å²) in [7, 11) is 0. The first-order valence-electron chi connectivity index (χ1n) is 8.86. The minimum Gasteiger partial charge on any atom is -0.493 e. The minimum atomic E-state index is -0.153. The summed E-state index contributed by atoms with van der Waals surface area (Å²) in [5, 5.41) is 13.0. The van der Waals surface area contributed by atoms with Crippen LogP contribution in [0.4, 0.5) is 0 Å². The van der Waals surface area contributed by atoms with Crippen LogP contribution in [0.1, 0.15) is 19.8 Å². The van der Waals surface area contributed by atoms with Crippen LogP contribution in [0.3, 0.4) is 0 Å². The summed E-state index contributed by atoms with van der Waals surface area (Å²) in [6.07, 6.45) is 1.50. The van der Waals surface area contributed by atoms with Crippen LogP contribution in [-0.2, 0) is 0 Å². The van der Waals surface area contributed by atoms with Gasteiger partial charge in [0.05, 0.1) is 19.3 Å². The highest BCUT2D eigenvalue weighted by Crippen LogP contribution is 2.18. The van der Waals surface area contributed by atoms with Crippen LogP contribution in [0.2, 0.25) is 0 Å². The second-order valence-electron chi connectivity index (χ2n) is 5.87. The van der Waals surface area contributed by atoms with E-state index in [9.17, 15) is 5.11 Å². The number of hydrogen-bond acceptors (Lipinski definition) is 4. The van der Waals surface area contributed by atoms with Crippen molar-refractivity contribution in [1.29, 1.82) is 0 Å². The average molecular weight is 558 g/mol. The molecule has 2 N–H and O–H groups in total. The molecule has 0 aliphatic carbocycles. The van der Waals surface area contributed by atoms with E-state index in [2.05, 4.69) is 33.1 Å². The van der Waals surface area contributed by atoms with Gasteiger partial charge in [0.1, 0.15) is 5.75 Å². The van der Waals surface area contributed by atoms with Gasteiger partial charge in [-0.15, -0.1) is 24.0 Å². The van der Waals surface area contributed by atoms with Crippen molar-refractivity contribution < 1.29 is 9.84 Å². The first-order valence-corrected chi connectivity index (χ1v) is 10.8. The van der Waals surface area contributed by atoms with Gasteiger partial charge >= 0.3 is 0 Å². The van der Waals surface area contributed by atoms with Crippen LogP contribution in [0, 0.1) is 0 Å². The molecule has 0 atom stereocenters. The maximum absolute atomic E-state index is 9.63. The number of thioether (sulfide) groups is 1. The number of guanidine groups is 1. The van der Waals surface area contributed by atoms with E-state index < -0.39 is 0 Å². The van der Waals surface area contributed by atoms with E-state index in [0.717, 1.165) is 66.7 Å². The van der Waals surface area contributed by atoms with Crippen molar-refractivity contribution in [2.75, 3.05) is 44.3 Å². The summed E-state index contributed by atoms with van der Waals surface area (Å²) >= 11 is 5.30. The maximum atomic E-state index is 9.63. The van der Waals surface area contributed by atoms with E-state index in [-0.39, 0.29) is 30.1 Å². The van der Waals surface area contributed by atoms with Crippen LogP contribution in [-0.4, -0.2) is 66.4 Å². The lowest BCUT2D eigenvalue weighted by atomic mass is 10.1. The highest BCUT2D eigenvalue weighted by molar-refractivity contribution is 14.0. The molecule has 5 nitrogen and oxygen atoms in total. The van der Waals surface area contributed by atoms with E-state index in [1.807, 2.05) is 36.0 Å². The summed E-state index contributed by atoms with van der Waals surface area (Å²) < 4.78 is 6.76. The third-order valence-corrected chi connectivity index (χ3v) is 5.31. The standard InChI is InChI=1S/C18H28BrN3O2S.HI/c1-2-20-18(22-9-6-16(23)7-10-22)21-8-12-25-13-11-24-17-5-3-4-15(19)14-17;/h3-5,14,16,23H,2,6-13H2,1H3,(H,20,21);1H. The van der Waals surface area contributed by atoms with Crippen LogP contribution in [0.25, 0.3) is 0 Å². The molecule has 0 amide bonds. The van der Waals surface area contributed by atoms with Crippen molar-refractivity contribution >= 4 is 57.6 Å². The fraction of sp³-hybridized carbons (Fsp3) is 0.611. The van der Waals surface area contributed by atoms with Crippen LogP contribution >= 0.6 is 51.7 Å². The van der Waals surface area contributed by atoms with Crippen molar-refractivity contribution in [2.45, 2.75) is 25.9 Å². The second kappa shape index (κ2) is 13.9. The molecular formula is C18H29BrIN3O2S. The zero-order chi connectivity index (χ0) is 17.9. The SMILES string of the molecule is CCNC(=NCCSCCOc1cccc(Br)c1)N1CCC(O)CC1.I. The average Bonchev–Trinajstić information content (AvgIpc) is 2.61. The number of aliphatic imine (C=N–C) groups is 1. The fourth-order valence-corrected chi connectivity index (χ4v) is 3.60. The molecule has 0 bridgehead atoms. The normalized spacial score (nSPS) is 15.5. The number of piperidine rings is 1. The zero-order valence-corrected chi connectivity index (χ0v) is 19.9. The van der Waals surface area contributed by atoms with E-state index in [1.54, 1.807) is 0 Å². The Kier molecular flexibility index (Phi) is 12.8. The fourth-order valence-electron chi connectivity index (χ4n) is 2.60. The summed E-state index contributed by atoms with van der Waals surface area (Å²) in [5.41, 5.74) is 0. The van der Waals surface area contributed by atoms with Gasteiger partial charge in [0.2, 0.25) is 0 Å². The molecule has 1 fully saturated rings. The Balaban J connectivity index is 0.00000338. The zero-order valence-electron chi connectivity index (χ0n) is 15.2. The first-order chi connectivity index (χ1) is 12.2. The molecule has 1 heterocycles. The van der Waals surface area contributed by atoms with Gasteiger partial charge < -0.3 is 20.1 Å². The van der Waals surface area contributed by atoms with Gasteiger partial charge in [-0.1, -0.05) is 22.0 Å². The van der Waals surface area contributed by atoms with Crippen LogP contribution in [0.15, 0.2) is 33.7 Å². The minimum absolute atomic E-state index is 0. The summed E-state index contributed by atoms with van der Waals surface area (Å²) in [6, 6.07) is 7.92. The molecule has 1 aliphatic heterocycles. The molecule has 0 radical (unpaired) electrons. The van der Waals surface area contributed by atoms with Crippen molar-refractivity contribution in [3.8, 4) is 5.75 Å². The molecule has 0 spiro atoms. The first kappa shape index (κ1) is 23.8. The monoisotopic (exact) mass is 557 g/mol. The molecule has 0 aromatic heterocycles. The number of ether oxygens (including phenoxy) is 1. The van der Waals surface area contributed by atoms with Crippen molar-refractivity contribution in [3.05, 3.63) is 28.7 Å². The van der Waals surface area contributed by atoms with Gasteiger partial charge in [0.15, 0.2) is 5.96 Å². The molecule has 1 aliphatic rings. The Morgan fingerprint density at radius 3 is 2.85 bits per heavy atom. The Morgan fingerprint density at radius 2 is 2.15 bits per heavy atom. The van der Waals surface area contributed by atoms with E-state index >= 15 is 0 Å². The number of likely N-dealkylation sites (tertiary alicyclic amines) is 1. The van der Waals surface area contributed by atoms with Crippen molar-refractivity contribution in [3.63, 3.8) is 0 Å². The van der Waals surface area contributed by atoms with Crippen molar-refractivity contribution in [1.82, 2.24) is 10.2 Å². The van der Waals surface area contributed by atoms with Gasteiger partial charge in [0.25, 0.3) is 0 Å². The molecule has 0 saturated carbocycles. The Labute approximate surface area is 186 Å². The van der Waals surface area contributed by atoms with Crippen LogP contribution in [0.5, 0.6) is 5.75 Å². The number of nitrogens with zero attached hydrogens (tertiary/aromatic N) is 2. The topological polar surface area (TPSA) is 57.1 Å². The summed E-state index contributed by atoms with van der Waals surface area (Å²) in [4.78, 5) is 6.96. The Bertz CT molecular complexity index is 543. The molecule has 0 unspecified atom stereocenters. The Morgan fingerprint density at radius 1 is 1.38 bits per heavy atom. The summed E-state index contributed by atoms with van der Waals surface area (Å²) in [6.45, 7) is 6.20. The summed E-state index contributed by atoms with van der Waals surface area (Å²) in [5.74, 6) is 3.80. The van der Waals surface area contributed by atoms with E-state index in [1.165, 1.54) is 0 Å². The quantitative estimate of drug-likeness (QED) is 0.221.